The number of nitrogens with one attached hydrogen (secondary N) is 1. The van der Waals surface area contributed by atoms with Crippen LogP contribution in [0.1, 0.15) is 31.3 Å². The zero-order chi connectivity index (χ0) is 18.6. The number of para-hydroxylation sites is 1. The number of nitro groups is 1. The Morgan fingerprint density at radius 2 is 2.04 bits per heavy atom. The van der Waals surface area contributed by atoms with Crippen LogP contribution in [0, 0.1) is 10.1 Å². The monoisotopic (exact) mass is 369 g/mol. The maximum Gasteiger partial charge on any atom is 0.316 e. The summed E-state index contributed by atoms with van der Waals surface area (Å²) in [7, 11) is -2.39. The van der Waals surface area contributed by atoms with E-state index in [9.17, 15) is 18.5 Å². The van der Waals surface area contributed by atoms with Crippen molar-refractivity contribution in [3.05, 3.63) is 45.8 Å². The van der Waals surface area contributed by atoms with Gasteiger partial charge in [0.2, 0.25) is 10.0 Å². The molecule has 0 saturated carbocycles. The summed E-state index contributed by atoms with van der Waals surface area (Å²) < 4.78 is 34.0. The average molecular weight is 369 g/mol. The molecule has 0 unspecified atom stereocenters. The maximum absolute atomic E-state index is 12.4. The molecule has 25 heavy (non-hydrogen) atoms. The first-order valence-electron chi connectivity index (χ1n) is 7.48. The van der Waals surface area contributed by atoms with Gasteiger partial charge in [0.25, 0.3) is 5.69 Å². The van der Waals surface area contributed by atoms with Crippen molar-refractivity contribution in [1.29, 1.82) is 0 Å². The van der Waals surface area contributed by atoms with E-state index in [0.29, 0.717) is 12.4 Å². The van der Waals surface area contributed by atoms with E-state index in [1.54, 1.807) is 17.6 Å². The van der Waals surface area contributed by atoms with E-state index >= 15 is 0 Å². The molecular formula is C14H19N5O5S. The van der Waals surface area contributed by atoms with Crippen LogP contribution >= 0.6 is 0 Å². The number of hydrogen-bond acceptors (Lipinski definition) is 7. The molecule has 1 aromatic carbocycles. The van der Waals surface area contributed by atoms with Crippen LogP contribution in [-0.2, 0) is 22.3 Å². The molecule has 0 aliphatic rings. The van der Waals surface area contributed by atoms with E-state index in [1.165, 1.54) is 25.3 Å². The second kappa shape index (κ2) is 7.57. The van der Waals surface area contributed by atoms with Crippen LogP contribution in [0.3, 0.4) is 0 Å². The highest BCUT2D eigenvalue weighted by atomic mass is 32.2. The smallest absolute Gasteiger partial charge is 0.316 e. The topological polar surface area (TPSA) is 129 Å². The van der Waals surface area contributed by atoms with E-state index < -0.39 is 26.7 Å². The average Bonchev–Trinajstić information content (AvgIpc) is 2.97. The van der Waals surface area contributed by atoms with E-state index in [4.69, 9.17) is 4.74 Å². The largest absolute Gasteiger partial charge is 0.467 e. The molecule has 0 amide bonds. The molecule has 0 aliphatic heterocycles. The van der Waals surface area contributed by atoms with Crippen LogP contribution in [0.5, 0.6) is 6.01 Å². The first-order valence-corrected chi connectivity index (χ1v) is 9.13. The number of aromatic nitrogens is 3. The molecule has 1 N–H and O–H groups in total. The quantitative estimate of drug-likeness (QED) is 0.550. The third-order valence-electron chi connectivity index (χ3n) is 3.52. The van der Waals surface area contributed by atoms with Gasteiger partial charge in [0.1, 0.15) is 0 Å². The fraction of sp³-hybridized carbons (Fsp3) is 0.429. The van der Waals surface area contributed by atoms with Crippen molar-refractivity contribution >= 4 is 15.7 Å². The zero-order valence-corrected chi connectivity index (χ0v) is 14.9. The van der Waals surface area contributed by atoms with Gasteiger partial charge in [-0.15, -0.1) is 5.10 Å². The third kappa shape index (κ3) is 4.31. The lowest BCUT2D eigenvalue weighted by Gasteiger charge is -2.15. The van der Waals surface area contributed by atoms with Crippen LogP contribution in [0.4, 0.5) is 5.69 Å². The van der Waals surface area contributed by atoms with Gasteiger partial charge in [0.15, 0.2) is 5.82 Å². The van der Waals surface area contributed by atoms with Crippen molar-refractivity contribution in [2.75, 3.05) is 7.11 Å². The summed E-state index contributed by atoms with van der Waals surface area (Å²) in [6.07, 6.45) is 0. The van der Waals surface area contributed by atoms with Crippen LogP contribution in [0.25, 0.3) is 0 Å². The van der Waals surface area contributed by atoms with E-state index in [-0.39, 0.29) is 17.3 Å². The second-order valence-electron chi connectivity index (χ2n) is 5.27. The molecule has 0 fully saturated rings. The first-order chi connectivity index (χ1) is 11.8. The lowest BCUT2D eigenvalue weighted by Crippen LogP contribution is -2.30. The van der Waals surface area contributed by atoms with Gasteiger partial charge in [-0.1, -0.05) is 23.3 Å². The SMILES string of the molecule is CCn1c(OC)nnc1[C@@H](C)NS(=O)(=O)Cc1ccccc1[N+](=O)[O-]. The van der Waals surface area contributed by atoms with Crippen molar-refractivity contribution in [2.24, 2.45) is 0 Å². The highest BCUT2D eigenvalue weighted by Gasteiger charge is 2.25. The Labute approximate surface area is 145 Å². The van der Waals surface area contributed by atoms with Crippen LogP contribution in [-0.4, -0.2) is 35.2 Å². The van der Waals surface area contributed by atoms with Gasteiger partial charge in [-0.25, -0.2) is 13.1 Å². The molecule has 2 rings (SSSR count). The van der Waals surface area contributed by atoms with Crippen molar-refractivity contribution < 1.29 is 18.1 Å². The highest BCUT2D eigenvalue weighted by Crippen LogP contribution is 2.22. The molecule has 11 heteroatoms. The Balaban J connectivity index is 2.22. The zero-order valence-electron chi connectivity index (χ0n) is 14.0. The van der Waals surface area contributed by atoms with Crippen molar-refractivity contribution in [3.63, 3.8) is 0 Å². The molecule has 1 aromatic heterocycles. The Bertz CT molecular complexity index is 864. The molecular weight excluding hydrogens is 350 g/mol. The molecule has 2 aromatic rings. The van der Waals surface area contributed by atoms with E-state index in [1.807, 2.05) is 6.92 Å². The molecule has 0 bridgehead atoms. The van der Waals surface area contributed by atoms with Gasteiger partial charge < -0.3 is 4.74 Å². The molecule has 0 spiro atoms. The summed E-state index contributed by atoms with van der Waals surface area (Å²) >= 11 is 0. The number of nitrogens with zero attached hydrogens (tertiary/aromatic N) is 4. The Hall–Kier alpha value is -2.53. The lowest BCUT2D eigenvalue weighted by molar-refractivity contribution is -0.385. The summed E-state index contributed by atoms with van der Waals surface area (Å²) in [5.74, 6) is -0.114. The number of ether oxygens (including phenoxy) is 1. The maximum atomic E-state index is 12.4. The number of hydrogen-bond donors (Lipinski definition) is 1. The number of methoxy groups -OCH3 is 1. The van der Waals surface area contributed by atoms with Crippen molar-refractivity contribution in [3.8, 4) is 6.01 Å². The Morgan fingerprint density at radius 3 is 2.64 bits per heavy atom. The van der Waals surface area contributed by atoms with Gasteiger partial charge in [-0.2, -0.15) is 0 Å². The normalized spacial score (nSPS) is 12.8. The van der Waals surface area contributed by atoms with Crippen LogP contribution < -0.4 is 9.46 Å². The molecule has 0 aliphatic carbocycles. The van der Waals surface area contributed by atoms with Gasteiger partial charge in [-0.05, 0) is 13.8 Å². The van der Waals surface area contributed by atoms with Gasteiger partial charge in [0, 0.05) is 18.2 Å². The highest BCUT2D eigenvalue weighted by molar-refractivity contribution is 7.88. The number of rotatable bonds is 8. The minimum atomic E-state index is -3.84. The lowest BCUT2D eigenvalue weighted by atomic mass is 10.2. The van der Waals surface area contributed by atoms with E-state index in [0.717, 1.165) is 0 Å². The van der Waals surface area contributed by atoms with Crippen molar-refractivity contribution in [2.45, 2.75) is 32.2 Å². The molecule has 0 saturated heterocycles. The van der Waals surface area contributed by atoms with Crippen LogP contribution in [0.2, 0.25) is 0 Å². The Morgan fingerprint density at radius 1 is 1.36 bits per heavy atom. The minimum absolute atomic E-state index is 0.113. The fourth-order valence-corrected chi connectivity index (χ4v) is 3.83. The predicted octanol–water partition coefficient (Wildman–Crippen LogP) is 1.40. The summed E-state index contributed by atoms with van der Waals surface area (Å²) in [4.78, 5) is 10.4. The summed E-state index contributed by atoms with van der Waals surface area (Å²) in [5.41, 5.74) is -0.124. The second-order valence-corrected chi connectivity index (χ2v) is 7.03. The van der Waals surface area contributed by atoms with Gasteiger partial charge in [-0.3, -0.25) is 14.7 Å². The fourth-order valence-electron chi connectivity index (χ4n) is 2.45. The number of nitro benzene ring substituents is 1. The number of sulfonamides is 1. The third-order valence-corrected chi connectivity index (χ3v) is 4.93. The van der Waals surface area contributed by atoms with Crippen molar-refractivity contribution in [1.82, 2.24) is 19.5 Å². The van der Waals surface area contributed by atoms with E-state index in [2.05, 4.69) is 14.9 Å². The molecule has 10 nitrogen and oxygen atoms in total. The molecule has 136 valence electrons. The standard InChI is InChI=1S/C14H19N5O5S/c1-4-18-13(15-16-14(18)24-3)10(2)17-25(22,23)9-11-7-5-6-8-12(11)19(20)21/h5-8,10,17H,4,9H2,1-3H3/t10-/m1/s1. The summed E-state index contributed by atoms with van der Waals surface area (Å²) in [6.45, 7) is 3.97. The summed E-state index contributed by atoms with van der Waals surface area (Å²) in [5, 5.41) is 18.8. The molecule has 0 radical (unpaired) electrons. The van der Waals surface area contributed by atoms with Gasteiger partial charge >= 0.3 is 6.01 Å². The Kier molecular flexibility index (Phi) is 5.69. The minimum Gasteiger partial charge on any atom is -0.467 e. The van der Waals surface area contributed by atoms with Gasteiger partial charge in [0.05, 0.1) is 23.8 Å². The number of benzene rings is 1. The summed E-state index contributed by atoms with van der Waals surface area (Å²) in [6, 6.07) is 5.33. The molecule has 1 heterocycles. The van der Waals surface area contributed by atoms with Crippen LogP contribution in [0.15, 0.2) is 24.3 Å². The molecule has 1 atom stereocenters. The first kappa shape index (κ1) is 18.8. The predicted molar refractivity (Wildman–Crippen MR) is 89.5 cm³/mol.